The molecule has 2 unspecified atom stereocenters. The van der Waals surface area contributed by atoms with E-state index in [1.165, 1.54) is 25.7 Å². The maximum absolute atomic E-state index is 8.44. The molecule has 4 nitrogen and oxygen atoms in total. The summed E-state index contributed by atoms with van der Waals surface area (Å²) >= 11 is 0. The zero-order valence-corrected chi connectivity index (χ0v) is 9.08. The SMILES string of the molecule is CC1CCCCC1(C)NC/C(N)=N/O. The first kappa shape index (κ1) is 11.3. The van der Waals surface area contributed by atoms with Gasteiger partial charge in [0.2, 0.25) is 0 Å². The van der Waals surface area contributed by atoms with Crippen molar-refractivity contribution in [2.24, 2.45) is 16.8 Å². The fourth-order valence-electron chi connectivity index (χ4n) is 2.10. The van der Waals surface area contributed by atoms with Crippen LogP contribution in [0.1, 0.15) is 39.5 Å². The Morgan fingerprint density at radius 2 is 2.36 bits per heavy atom. The molecule has 0 aromatic heterocycles. The van der Waals surface area contributed by atoms with Gasteiger partial charge in [0.1, 0.15) is 0 Å². The third-order valence-corrected chi connectivity index (χ3v) is 3.47. The lowest BCUT2D eigenvalue weighted by Crippen LogP contribution is -2.52. The van der Waals surface area contributed by atoms with Gasteiger partial charge in [-0.15, -0.1) is 0 Å². The van der Waals surface area contributed by atoms with Gasteiger partial charge in [0.05, 0.1) is 6.54 Å². The van der Waals surface area contributed by atoms with Crippen LogP contribution in [0.4, 0.5) is 0 Å². The summed E-state index contributed by atoms with van der Waals surface area (Å²) < 4.78 is 0. The highest BCUT2D eigenvalue weighted by molar-refractivity contribution is 5.81. The van der Waals surface area contributed by atoms with Crippen molar-refractivity contribution in [3.8, 4) is 0 Å². The van der Waals surface area contributed by atoms with Crippen molar-refractivity contribution in [2.75, 3.05) is 6.54 Å². The number of hydrogen-bond donors (Lipinski definition) is 3. The molecule has 14 heavy (non-hydrogen) atoms. The summed E-state index contributed by atoms with van der Waals surface area (Å²) in [6.07, 6.45) is 5.03. The molecule has 0 amide bonds. The van der Waals surface area contributed by atoms with E-state index < -0.39 is 0 Å². The second-order valence-corrected chi connectivity index (χ2v) is 4.51. The topological polar surface area (TPSA) is 70.6 Å². The Balaban J connectivity index is 2.47. The number of hydrogen-bond acceptors (Lipinski definition) is 3. The zero-order chi connectivity index (χ0) is 10.6. The molecular weight excluding hydrogens is 178 g/mol. The van der Waals surface area contributed by atoms with Crippen LogP contribution < -0.4 is 11.1 Å². The van der Waals surface area contributed by atoms with E-state index >= 15 is 0 Å². The predicted octanol–water partition coefficient (Wildman–Crippen LogP) is 1.29. The molecule has 0 aliphatic heterocycles. The van der Waals surface area contributed by atoms with E-state index in [1.807, 2.05) is 0 Å². The molecule has 4 N–H and O–H groups in total. The van der Waals surface area contributed by atoms with Crippen molar-refractivity contribution >= 4 is 5.84 Å². The second-order valence-electron chi connectivity index (χ2n) is 4.51. The first-order valence-electron chi connectivity index (χ1n) is 5.30. The summed E-state index contributed by atoms with van der Waals surface area (Å²) in [4.78, 5) is 0. The van der Waals surface area contributed by atoms with Crippen molar-refractivity contribution in [2.45, 2.75) is 45.1 Å². The van der Waals surface area contributed by atoms with Crippen LogP contribution in [-0.4, -0.2) is 23.1 Å². The molecule has 4 heteroatoms. The minimum absolute atomic E-state index is 0.146. The lowest BCUT2D eigenvalue weighted by atomic mass is 9.75. The largest absolute Gasteiger partial charge is 0.409 e. The van der Waals surface area contributed by atoms with Gasteiger partial charge >= 0.3 is 0 Å². The summed E-state index contributed by atoms with van der Waals surface area (Å²) in [6.45, 7) is 4.96. The van der Waals surface area contributed by atoms with Gasteiger partial charge in [-0.05, 0) is 25.7 Å². The molecule has 1 saturated carbocycles. The lowest BCUT2D eigenvalue weighted by Gasteiger charge is -2.40. The molecule has 0 spiro atoms. The molecule has 82 valence electrons. The molecule has 0 aromatic carbocycles. The molecule has 1 aliphatic carbocycles. The summed E-state index contributed by atoms with van der Waals surface area (Å²) in [6, 6.07) is 0. The van der Waals surface area contributed by atoms with E-state index in [1.54, 1.807) is 0 Å². The Morgan fingerprint density at radius 1 is 1.64 bits per heavy atom. The highest BCUT2D eigenvalue weighted by Gasteiger charge is 2.32. The fraction of sp³-hybridized carbons (Fsp3) is 0.900. The Hall–Kier alpha value is -0.770. The Bertz CT molecular complexity index is 217. The van der Waals surface area contributed by atoms with Crippen LogP contribution in [0.15, 0.2) is 5.16 Å². The monoisotopic (exact) mass is 199 g/mol. The highest BCUT2D eigenvalue weighted by Crippen LogP contribution is 2.32. The Kier molecular flexibility index (Phi) is 3.75. The van der Waals surface area contributed by atoms with Crippen molar-refractivity contribution < 1.29 is 5.21 Å². The molecule has 0 aromatic rings. The summed E-state index contributed by atoms with van der Waals surface area (Å²) in [7, 11) is 0. The molecule has 0 bridgehead atoms. The molecular formula is C10H21N3O. The average Bonchev–Trinajstić information content (AvgIpc) is 2.19. The number of rotatable bonds is 3. The van der Waals surface area contributed by atoms with E-state index in [9.17, 15) is 0 Å². The van der Waals surface area contributed by atoms with E-state index in [-0.39, 0.29) is 11.4 Å². The van der Waals surface area contributed by atoms with Gasteiger partial charge in [0.15, 0.2) is 5.84 Å². The predicted molar refractivity (Wildman–Crippen MR) is 57.4 cm³/mol. The van der Waals surface area contributed by atoms with E-state index in [2.05, 4.69) is 24.3 Å². The van der Waals surface area contributed by atoms with E-state index in [0.29, 0.717) is 12.5 Å². The number of nitrogens with two attached hydrogens (primary N) is 1. The van der Waals surface area contributed by atoms with Crippen LogP contribution in [0.3, 0.4) is 0 Å². The maximum atomic E-state index is 8.44. The second kappa shape index (κ2) is 4.64. The number of oxime groups is 1. The summed E-state index contributed by atoms with van der Waals surface area (Å²) in [5.74, 6) is 0.909. The van der Waals surface area contributed by atoms with Crippen molar-refractivity contribution in [1.82, 2.24) is 5.32 Å². The van der Waals surface area contributed by atoms with Gasteiger partial charge in [0.25, 0.3) is 0 Å². The third kappa shape index (κ3) is 2.61. The standard InChI is InChI=1S/C10H21N3O/c1-8-5-3-4-6-10(8,2)12-7-9(11)13-14/h8,12,14H,3-7H2,1-2H3,(H2,11,13). The van der Waals surface area contributed by atoms with Crippen LogP contribution in [0.25, 0.3) is 0 Å². The van der Waals surface area contributed by atoms with Crippen molar-refractivity contribution in [3.63, 3.8) is 0 Å². The molecule has 0 heterocycles. The Labute approximate surface area is 85.6 Å². The van der Waals surface area contributed by atoms with Gasteiger partial charge < -0.3 is 16.3 Å². The molecule has 0 radical (unpaired) electrons. The van der Waals surface area contributed by atoms with E-state index in [4.69, 9.17) is 10.9 Å². The highest BCUT2D eigenvalue weighted by atomic mass is 16.4. The Morgan fingerprint density at radius 3 is 2.93 bits per heavy atom. The van der Waals surface area contributed by atoms with Crippen LogP contribution >= 0.6 is 0 Å². The molecule has 2 atom stereocenters. The maximum Gasteiger partial charge on any atom is 0.153 e. The van der Waals surface area contributed by atoms with Crippen molar-refractivity contribution in [1.29, 1.82) is 0 Å². The fourth-order valence-corrected chi connectivity index (χ4v) is 2.10. The van der Waals surface area contributed by atoms with Crippen LogP contribution in [0.2, 0.25) is 0 Å². The first-order valence-corrected chi connectivity index (χ1v) is 5.30. The van der Waals surface area contributed by atoms with E-state index in [0.717, 1.165) is 0 Å². The van der Waals surface area contributed by atoms with Gasteiger partial charge in [-0.25, -0.2) is 0 Å². The van der Waals surface area contributed by atoms with Gasteiger partial charge in [0, 0.05) is 5.54 Å². The van der Waals surface area contributed by atoms with Gasteiger partial charge in [-0.1, -0.05) is 24.9 Å². The smallest absolute Gasteiger partial charge is 0.153 e. The number of amidine groups is 1. The zero-order valence-electron chi connectivity index (χ0n) is 9.08. The molecule has 1 aliphatic rings. The minimum atomic E-state index is 0.146. The normalized spacial score (nSPS) is 34.4. The third-order valence-electron chi connectivity index (χ3n) is 3.47. The minimum Gasteiger partial charge on any atom is -0.409 e. The van der Waals surface area contributed by atoms with Crippen LogP contribution in [-0.2, 0) is 0 Å². The quantitative estimate of drug-likeness (QED) is 0.277. The van der Waals surface area contributed by atoms with Gasteiger partial charge in [-0.3, -0.25) is 0 Å². The summed E-state index contributed by atoms with van der Waals surface area (Å²) in [5, 5.41) is 14.8. The summed E-state index contributed by atoms with van der Waals surface area (Å²) in [5.41, 5.74) is 5.58. The van der Waals surface area contributed by atoms with Crippen LogP contribution in [0, 0.1) is 5.92 Å². The first-order chi connectivity index (χ1) is 6.58. The molecule has 0 saturated heterocycles. The van der Waals surface area contributed by atoms with Gasteiger partial charge in [-0.2, -0.15) is 0 Å². The lowest BCUT2D eigenvalue weighted by molar-refractivity contribution is 0.181. The van der Waals surface area contributed by atoms with Crippen molar-refractivity contribution in [3.05, 3.63) is 0 Å². The number of nitrogens with zero attached hydrogens (tertiary/aromatic N) is 1. The molecule has 1 rings (SSSR count). The molecule has 1 fully saturated rings. The van der Waals surface area contributed by atoms with Crippen LogP contribution in [0.5, 0.6) is 0 Å². The number of nitrogens with one attached hydrogen (secondary N) is 1. The average molecular weight is 199 g/mol.